The molecule has 2 atom stereocenters. The highest BCUT2D eigenvalue weighted by atomic mass is 35.5. The number of alkyl halides is 1. The molecule has 0 radical (unpaired) electrons. The van der Waals surface area contributed by atoms with E-state index >= 15 is 0 Å². The van der Waals surface area contributed by atoms with E-state index in [-0.39, 0.29) is 0 Å². The molecule has 2 aliphatic carbocycles. The van der Waals surface area contributed by atoms with Crippen LogP contribution in [0.15, 0.2) is 0 Å². The van der Waals surface area contributed by atoms with Crippen LogP contribution in [-0.4, -0.2) is 5.88 Å². The van der Waals surface area contributed by atoms with Crippen LogP contribution in [0.5, 0.6) is 0 Å². The summed E-state index contributed by atoms with van der Waals surface area (Å²) >= 11 is 6.27. The Morgan fingerprint density at radius 1 is 0.800 bits per heavy atom. The molecule has 2 rings (SSSR count). The summed E-state index contributed by atoms with van der Waals surface area (Å²) in [5, 5.41) is 0. The van der Waals surface area contributed by atoms with Crippen LogP contribution in [0.2, 0.25) is 0 Å². The molecule has 0 aliphatic heterocycles. The van der Waals surface area contributed by atoms with Crippen LogP contribution in [0, 0.1) is 17.3 Å². The lowest BCUT2D eigenvalue weighted by atomic mass is 9.80. The summed E-state index contributed by atoms with van der Waals surface area (Å²) in [6, 6.07) is 0. The van der Waals surface area contributed by atoms with Crippen LogP contribution in [0.3, 0.4) is 0 Å². The molecule has 0 nitrogen and oxygen atoms in total. The third-order valence-electron chi connectivity index (χ3n) is 5.80. The van der Waals surface area contributed by atoms with Crippen molar-refractivity contribution in [2.45, 2.75) is 96.8 Å². The van der Waals surface area contributed by atoms with Gasteiger partial charge in [0.25, 0.3) is 0 Å². The Hall–Kier alpha value is 0.290. The molecule has 0 spiro atoms. The lowest BCUT2D eigenvalue weighted by molar-refractivity contribution is 0.269. The smallest absolute Gasteiger partial charge is 0.0280 e. The average molecular weight is 299 g/mol. The fourth-order valence-corrected chi connectivity index (χ4v) is 4.73. The summed E-state index contributed by atoms with van der Waals surface area (Å²) in [6.45, 7) is 2.29. The van der Waals surface area contributed by atoms with Crippen LogP contribution in [0.25, 0.3) is 0 Å². The van der Waals surface area contributed by atoms with Gasteiger partial charge in [-0.15, -0.1) is 11.6 Å². The Bertz CT molecular complexity index is 250. The molecule has 2 fully saturated rings. The van der Waals surface area contributed by atoms with Gasteiger partial charge in [-0.05, 0) is 42.9 Å². The predicted molar refractivity (Wildman–Crippen MR) is 90.4 cm³/mol. The first-order valence-electron chi connectivity index (χ1n) is 9.35. The number of hydrogen-bond acceptors (Lipinski definition) is 0. The maximum atomic E-state index is 6.27. The topological polar surface area (TPSA) is 0 Å². The Morgan fingerprint density at radius 3 is 1.80 bits per heavy atom. The largest absolute Gasteiger partial charge is 0.126 e. The molecule has 2 aliphatic rings. The van der Waals surface area contributed by atoms with E-state index in [1.807, 2.05) is 0 Å². The monoisotopic (exact) mass is 298 g/mol. The van der Waals surface area contributed by atoms with Gasteiger partial charge in [-0.1, -0.05) is 71.1 Å². The number of halogens is 1. The zero-order valence-corrected chi connectivity index (χ0v) is 14.4. The molecule has 0 aromatic heterocycles. The Balaban J connectivity index is 1.40. The second-order valence-electron chi connectivity index (χ2n) is 7.73. The van der Waals surface area contributed by atoms with Gasteiger partial charge < -0.3 is 0 Å². The highest BCUT2D eigenvalue weighted by Gasteiger charge is 2.52. The zero-order chi connectivity index (χ0) is 14.3. The molecule has 0 amide bonds. The van der Waals surface area contributed by atoms with Crippen LogP contribution in [0.1, 0.15) is 96.8 Å². The van der Waals surface area contributed by atoms with Gasteiger partial charge in [0.1, 0.15) is 0 Å². The third kappa shape index (κ3) is 5.24. The molecule has 20 heavy (non-hydrogen) atoms. The number of fused-ring (bicyclic) bond motifs is 1. The molecule has 2 unspecified atom stereocenters. The minimum absolute atomic E-state index is 0.565. The normalized spacial score (nSPS) is 31.5. The van der Waals surface area contributed by atoms with Crippen molar-refractivity contribution in [3.63, 3.8) is 0 Å². The molecular formula is C19H35Cl. The number of rotatable bonds is 12. The minimum atomic E-state index is 0.565. The Labute approximate surface area is 132 Å². The molecule has 0 aromatic rings. The highest BCUT2D eigenvalue weighted by molar-refractivity contribution is 6.18. The van der Waals surface area contributed by atoms with Crippen molar-refractivity contribution >= 4 is 11.6 Å². The van der Waals surface area contributed by atoms with Crippen molar-refractivity contribution in [2.24, 2.45) is 17.3 Å². The van der Waals surface area contributed by atoms with Crippen LogP contribution in [-0.2, 0) is 0 Å². The quantitative estimate of drug-likeness (QED) is 0.270. The second kappa shape index (κ2) is 8.66. The van der Waals surface area contributed by atoms with Crippen molar-refractivity contribution in [2.75, 3.05) is 5.88 Å². The number of unbranched alkanes of at least 4 members (excludes halogenated alkanes) is 9. The molecule has 2 saturated carbocycles. The maximum Gasteiger partial charge on any atom is 0.0280 e. The SMILES string of the molecule is CCCCCCCCCCCCC1(CCl)CC2CC2C1. The summed E-state index contributed by atoms with van der Waals surface area (Å²) < 4.78 is 0. The summed E-state index contributed by atoms with van der Waals surface area (Å²) in [4.78, 5) is 0. The molecule has 0 saturated heterocycles. The van der Waals surface area contributed by atoms with Crippen molar-refractivity contribution in [1.29, 1.82) is 0 Å². The van der Waals surface area contributed by atoms with E-state index in [0.29, 0.717) is 5.41 Å². The molecule has 1 heteroatoms. The van der Waals surface area contributed by atoms with Crippen molar-refractivity contribution in [3.8, 4) is 0 Å². The van der Waals surface area contributed by atoms with E-state index in [0.717, 1.165) is 17.7 Å². The molecule has 0 aromatic carbocycles. The highest BCUT2D eigenvalue weighted by Crippen LogP contribution is 2.61. The first-order valence-corrected chi connectivity index (χ1v) is 9.89. The van der Waals surface area contributed by atoms with Crippen LogP contribution < -0.4 is 0 Å². The van der Waals surface area contributed by atoms with Crippen LogP contribution >= 0.6 is 11.6 Å². The standard InChI is InChI=1S/C19H35Cl/c1-2-3-4-5-6-7-8-9-10-11-12-19(16-20)14-17-13-18(17)15-19/h17-18H,2-16H2,1H3. The van der Waals surface area contributed by atoms with E-state index in [1.165, 1.54) is 89.9 Å². The van der Waals surface area contributed by atoms with E-state index in [4.69, 9.17) is 11.6 Å². The average Bonchev–Trinajstić information content (AvgIpc) is 3.08. The zero-order valence-electron chi connectivity index (χ0n) is 13.6. The van der Waals surface area contributed by atoms with Gasteiger partial charge >= 0.3 is 0 Å². The van der Waals surface area contributed by atoms with Gasteiger partial charge in [-0.25, -0.2) is 0 Å². The molecule has 0 N–H and O–H groups in total. The van der Waals surface area contributed by atoms with Gasteiger partial charge in [0, 0.05) is 5.88 Å². The third-order valence-corrected chi connectivity index (χ3v) is 6.37. The summed E-state index contributed by atoms with van der Waals surface area (Å²) in [5.74, 6) is 3.09. The van der Waals surface area contributed by atoms with Gasteiger partial charge in [0.2, 0.25) is 0 Å². The van der Waals surface area contributed by atoms with E-state index < -0.39 is 0 Å². The maximum absolute atomic E-state index is 6.27. The second-order valence-corrected chi connectivity index (χ2v) is 8.00. The van der Waals surface area contributed by atoms with Gasteiger partial charge in [-0.3, -0.25) is 0 Å². The predicted octanol–water partition coefficient (Wildman–Crippen LogP) is 6.95. The van der Waals surface area contributed by atoms with Crippen molar-refractivity contribution in [3.05, 3.63) is 0 Å². The first-order chi connectivity index (χ1) is 9.79. The van der Waals surface area contributed by atoms with Gasteiger partial charge in [-0.2, -0.15) is 0 Å². The molecule has 118 valence electrons. The first kappa shape index (κ1) is 16.7. The fraction of sp³-hybridized carbons (Fsp3) is 1.00. The lowest BCUT2D eigenvalue weighted by Crippen LogP contribution is -2.20. The van der Waals surface area contributed by atoms with Crippen molar-refractivity contribution in [1.82, 2.24) is 0 Å². The summed E-state index contributed by atoms with van der Waals surface area (Å²) in [7, 11) is 0. The minimum Gasteiger partial charge on any atom is -0.126 e. The van der Waals surface area contributed by atoms with Gasteiger partial charge in [0.15, 0.2) is 0 Å². The van der Waals surface area contributed by atoms with E-state index in [9.17, 15) is 0 Å². The lowest BCUT2D eigenvalue weighted by Gasteiger charge is -2.28. The van der Waals surface area contributed by atoms with Gasteiger partial charge in [0.05, 0.1) is 0 Å². The Morgan fingerprint density at radius 2 is 1.30 bits per heavy atom. The molecule has 0 heterocycles. The van der Waals surface area contributed by atoms with Crippen LogP contribution in [0.4, 0.5) is 0 Å². The molecular weight excluding hydrogens is 264 g/mol. The summed E-state index contributed by atoms with van der Waals surface area (Å²) in [5.41, 5.74) is 0.565. The summed E-state index contributed by atoms with van der Waals surface area (Å²) in [6.07, 6.45) is 20.3. The van der Waals surface area contributed by atoms with Crippen molar-refractivity contribution < 1.29 is 0 Å². The number of hydrogen-bond donors (Lipinski definition) is 0. The van der Waals surface area contributed by atoms with E-state index in [1.54, 1.807) is 0 Å². The fourth-order valence-electron chi connectivity index (χ4n) is 4.37. The van der Waals surface area contributed by atoms with E-state index in [2.05, 4.69) is 6.92 Å². The molecule has 0 bridgehead atoms. The Kier molecular flexibility index (Phi) is 7.22.